The van der Waals surface area contributed by atoms with Gasteiger partial charge >= 0.3 is 12.4 Å². The lowest BCUT2D eigenvalue weighted by molar-refractivity contribution is -0.147. The highest BCUT2D eigenvalue weighted by Gasteiger charge is 2.39. The van der Waals surface area contributed by atoms with Crippen LogP contribution >= 0.6 is 0 Å². The van der Waals surface area contributed by atoms with Gasteiger partial charge in [-0.1, -0.05) is 0 Å². The van der Waals surface area contributed by atoms with E-state index in [0.717, 1.165) is 0 Å². The maximum absolute atomic E-state index is 12.3. The number of aromatic nitrogens is 2. The molecule has 0 amide bonds. The maximum Gasteiger partial charge on any atom is 0.433 e. The lowest BCUT2D eigenvalue weighted by Gasteiger charge is -2.11. The SMILES string of the molecule is NCCc1nc(C(F)(F)F)cc(C(F)(F)F)n1. The van der Waals surface area contributed by atoms with Gasteiger partial charge in [0, 0.05) is 6.42 Å². The van der Waals surface area contributed by atoms with Crippen molar-refractivity contribution in [3.05, 3.63) is 23.3 Å². The summed E-state index contributed by atoms with van der Waals surface area (Å²) in [4.78, 5) is 5.98. The van der Waals surface area contributed by atoms with Gasteiger partial charge in [0.25, 0.3) is 0 Å². The minimum Gasteiger partial charge on any atom is -0.330 e. The van der Waals surface area contributed by atoms with Gasteiger partial charge < -0.3 is 5.73 Å². The molecule has 0 spiro atoms. The van der Waals surface area contributed by atoms with Crippen LogP contribution in [0.25, 0.3) is 0 Å². The predicted molar refractivity (Wildman–Crippen MR) is 44.8 cm³/mol. The third kappa shape index (κ3) is 3.55. The number of alkyl halides is 6. The largest absolute Gasteiger partial charge is 0.433 e. The van der Waals surface area contributed by atoms with Gasteiger partial charge in [-0.3, -0.25) is 0 Å². The number of nitrogens with two attached hydrogens (primary N) is 1. The maximum atomic E-state index is 12.3. The van der Waals surface area contributed by atoms with E-state index in [1.54, 1.807) is 0 Å². The summed E-state index contributed by atoms with van der Waals surface area (Å²) in [7, 11) is 0. The van der Waals surface area contributed by atoms with E-state index in [1.807, 2.05) is 0 Å². The summed E-state index contributed by atoms with van der Waals surface area (Å²) in [5, 5.41) is 0. The first-order valence-corrected chi connectivity index (χ1v) is 4.37. The van der Waals surface area contributed by atoms with Crippen LogP contribution < -0.4 is 5.73 Å². The Labute approximate surface area is 91.7 Å². The standard InChI is InChI=1S/C8H7F6N3/c9-7(10,11)4-3-5(8(12,13)14)17-6(16-4)1-2-15/h3H,1-2,15H2. The quantitative estimate of drug-likeness (QED) is 0.826. The zero-order valence-electron chi connectivity index (χ0n) is 8.23. The number of hydrogen-bond donors (Lipinski definition) is 1. The van der Waals surface area contributed by atoms with E-state index in [9.17, 15) is 26.3 Å². The first-order valence-electron chi connectivity index (χ1n) is 4.37. The lowest BCUT2D eigenvalue weighted by atomic mass is 10.2. The van der Waals surface area contributed by atoms with E-state index in [2.05, 4.69) is 9.97 Å². The van der Waals surface area contributed by atoms with Crippen LogP contribution in [0.15, 0.2) is 6.07 Å². The van der Waals surface area contributed by atoms with Gasteiger partial charge in [0.2, 0.25) is 0 Å². The van der Waals surface area contributed by atoms with Gasteiger partial charge in [-0.05, 0) is 12.6 Å². The van der Waals surface area contributed by atoms with Gasteiger partial charge in [0.1, 0.15) is 17.2 Å². The molecule has 0 saturated heterocycles. The van der Waals surface area contributed by atoms with Crippen LogP contribution in [-0.4, -0.2) is 16.5 Å². The van der Waals surface area contributed by atoms with Crippen molar-refractivity contribution in [1.82, 2.24) is 9.97 Å². The Bertz CT molecular complexity index is 365. The molecule has 0 saturated carbocycles. The van der Waals surface area contributed by atoms with Gasteiger partial charge in [-0.25, -0.2) is 9.97 Å². The molecule has 17 heavy (non-hydrogen) atoms. The van der Waals surface area contributed by atoms with Crippen molar-refractivity contribution in [3.63, 3.8) is 0 Å². The minimum atomic E-state index is -4.95. The van der Waals surface area contributed by atoms with E-state index in [0.29, 0.717) is 0 Å². The van der Waals surface area contributed by atoms with Crippen LogP contribution in [0.3, 0.4) is 0 Å². The Balaban J connectivity index is 3.29. The molecule has 0 aliphatic heterocycles. The van der Waals surface area contributed by atoms with Crippen LogP contribution in [0.2, 0.25) is 0 Å². The molecule has 0 radical (unpaired) electrons. The van der Waals surface area contributed by atoms with E-state index in [1.165, 1.54) is 0 Å². The number of hydrogen-bond acceptors (Lipinski definition) is 3. The van der Waals surface area contributed by atoms with Crippen LogP contribution in [0, 0.1) is 0 Å². The molecule has 0 unspecified atom stereocenters. The second-order valence-electron chi connectivity index (χ2n) is 3.09. The van der Waals surface area contributed by atoms with Gasteiger partial charge in [0.15, 0.2) is 0 Å². The summed E-state index contributed by atoms with van der Waals surface area (Å²) < 4.78 is 73.7. The van der Waals surface area contributed by atoms with E-state index in [4.69, 9.17) is 5.73 Å². The van der Waals surface area contributed by atoms with Crippen molar-refractivity contribution in [2.45, 2.75) is 18.8 Å². The number of nitrogens with zero attached hydrogens (tertiary/aromatic N) is 2. The molecule has 3 nitrogen and oxygen atoms in total. The van der Waals surface area contributed by atoms with Gasteiger partial charge in [0.05, 0.1) is 0 Å². The van der Waals surface area contributed by atoms with Gasteiger partial charge in [-0.15, -0.1) is 0 Å². The van der Waals surface area contributed by atoms with Crippen LogP contribution in [0.4, 0.5) is 26.3 Å². The number of rotatable bonds is 2. The zero-order valence-corrected chi connectivity index (χ0v) is 8.23. The third-order valence-corrected chi connectivity index (χ3v) is 1.72. The summed E-state index contributed by atoms with van der Waals surface area (Å²) in [6.45, 7) is -0.140. The van der Waals surface area contributed by atoms with Crippen molar-refractivity contribution in [1.29, 1.82) is 0 Å². The Morgan fingerprint density at radius 3 is 1.65 bits per heavy atom. The molecule has 0 bridgehead atoms. The second kappa shape index (κ2) is 4.47. The zero-order chi connectivity index (χ0) is 13.3. The Kier molecular flexibility index (Phi) is 3.60. The highest BCUT2D eigenvalue weighted by atomic mass is 19.4. The monoisotopic (exact) mass is 259 g/mol. The smallest absolute Gasteiger partial charge is 0.330 e. The van der Waals surface area contributed by atoms with Crippen molar-refractivity contribution < 1.29 is 26.3 Å². The summed E-state index contributed by atoms with van der Waals surface area (Å²) in [5.41, 5.74) is 1.79. The summed E-state index contributed by atoms with van der Waals surface area (Å²) >= 11 is 0. The molecule has 9 heteroatoms. The fraction of sp³-hybridized carbons (Fsp3) is 0.500. The number of halogens is 6. The van der Waals surface area contributed by atoms with Crippen molar-refractivity contribution >= 4 is 0 Å². The van der Waals surface area contributed by atoms with E-state index in [-0.39, 0.29) is 19.0 Å². The normalized spacial score (nSPS) is 12.9. The molecule has 96 valence electrons. The van der Waals surface area contributed by atoms with Crippen LogP contribution in [0.5, 0.6) is 0 Å². The second-order valence-corrected chi connectivity index (χ2v) is 3.09. The first kappa shape index (κ1) is 13.7. The molecular weight excluding hydrogens is 252 g/mol. The topological polar surface area (TPSA) is 51.8 Å². The molecule has 1 heterocycles. The van der Waals surface area contributed by atoms with Crippen LogP contribution in [-0.2, 0) is 18.8 Å². The molecule has 2 N–H and O–H groups in total. The van der Waals surface area contributed by atoms with Crippen molar-refractivity contribution in [2.75, 3.05) is 6.54 Å². The predicted octanol–water partition coefficient (Wildman–Crippen LogP) is 2.02. The van der Waals surface area contributed by atoms with Crippen LogP contribution in [0.1, 0.15) is 17.2 Å². The molecular formula is C8H7F6N3. The molecule has 0 aromatic carbocycles. The van der Waals surface area contributed by atoms with E-state index < -0.39 is 29.6 Å². The Morgan fingerprint density at radius 2 is 1.35 bits per heavy atom. The molecule has 1 rings (SSSR count). The minimum absolute atomic E-state index is 0.125. The molecule has 0 aliphatic rings. The summed E-state index contributed by atoms with van der Waals surface area (Å²) in [6, 6.07) is -0.125. The Morgan fingerprint density at radius 1 is 0.941 bits per heavy atom. The third-order valence-electron chi connectivity index (χ3n) is 1.72. The van der Waals surface area contributed by atoms with Crippen molar-refractivity contribution in [3.8, 4) is 0 Å². The first-order chi connectivity index (χ1) is 7.64. The highest BCUT2D eigenvalue weighted by molar-refractivity contribution is 5.16. The van der Waals surface area contributed by atoms with Gasteiger partial charge in [-0.2, -0.15) is 26.3 Å². The molecule has 0 aliphatic carbocycles. The molecule has 0 atom stereocenters. The summed E-state index contributed by atoms with van der Waals surface area (Å²) in [6.07, 6.45) is -10.2. The average Bonchev–Trinajstić information content (AvgIpc) is 2.15. The fourth-order valence-corrected chi connectivity index (χ4v) is 1.03. The van der Waals surface area contributed by atoms with E-state index >= 15 is 0 Å². The molecule has 0 fully saturated rings. The molecule has 1 aromatic rings. The van der Waals surface area contributed by atoms with Crippen molar-refractivity contribution in [2.24, 2.45) is 5.73 Å². The molecule has 1 aromatic heterocycles. The summed E-state index contributed by atoms with van der Waals surface area (Å²) in [5.74, 6) is -0.574. The average molecular weight is 259 g/mol. The highest BCUT2D eigenvalue weighted by Crippen LogP contribution is 2.33. The lowest BCUT2D eigenvalue weighted by Crippen LogP contribution is -2.18. The fourth-order valence-electron chi connectivity index (χ4n) is 1.03. The Hall–Kier alpha value is -1.38.